The molecule has 4 heteroatoms. The van der Waals surface area contributed by atoms with Gasteiger partial charge in [0.1, 0.15) is 0 Å². The number of rotatable bonds is 4. The Kier molecular flexibility index (Phi) is 4.93. The average molecular weight is 262 g/mol. The normalized spacial score (nSPS) is 20.2. The molecule has 2 rings (SSSR count). The zero-order valence-electron chi connectivity index (χ0n) is 11.5. The Morgan fingerprint density at radius 3 is 2.68 bits per heavy atom. The molecule has 1 fully saturated rings. The van der Waals surface area contributed by atoms with E-state index in [-0.39, 0.29) is 11.9 Å². The van der Waals surface area contributed by atoms with Gasteiger partial charge >= 0.3 is 5.97 Å². The second-order valence-corrected chi connectivity index (χ2v) is 5.12. The lowest BCUT2D eigenvalue weighted by atomic mass is 9.97. The maximum Gasteiger partial charge on any atom is 0.309 e. The molecule has 0 radical (unpaired) electrons. The van der Waals surface area contributed by atoms with Crippen molar-refractivity contribution < 1.29 is 9.53 Å². The summed E-state index contributed by atoms with van der Waals surface area (Å²) >= 11 is 0. The average Bonchev–Trinajstić information content (AvgIpc) is 2.47. The van der Waals surface area contributed by atoms with Crippen LogP contribution in [0, 0.1) is 5.92 Å². The molecule has 104 valence electrons. The predicted molar refractivity (Wildman–Crippen MR) is 74.4 cm³/mol. The first-order valence-corrected chi connectivity index (χ1v) is 6.81. The zero-order chi connectivity index (χ0) is 13.7. The first-order valence-electron chi connectivity index (χ1n) is 6.81. The van der Waals surface area contributed by atoms with E-state index in [4.69, 9.17) is 10.5 Å². The van der Waals surface area contributed by atoms with Crippen LogP contribution in [0.1, 0.15) is 24.0 Å². The molecule has 1 unspecified atom stereocenters. The maximum atomic E-state index is 11.6. The van der Waals surface area contributed by atoms with Crippen LogP contribution in [-0.2, 0) is 22.6 Å². The maximum absolute atomic E-state index is 11.6. The Labute approximate surface area is 114 Å². The van der Waals surface area contributed by atoms with Gasteiger partial charge in [0.2, 0.25) is 0 Å². The lowest BCUT2D eigenvalue weighted by molar-refractivity contribution is -0.147. The fourth-order valence-electron chi connectivity index (χ4n) is 2.60. The lowest BCUT2D eigenvalue weighted by Gasteiger charge is -2.31. The third kappa shape index (κ3) is 3.78. The fraction of sp³-hybridized carbons (Fsp3) is 0.533. The van der Waals surface area contributed by atoms with Crippen LogP contribution >= 0.6 is 0 Å². The lowest BCUT2D eigenvalue weighted by Crippen LogP contribution is -2.38. The molecule has 1 atom stereocenters. The van der Waals surface area contributed by atoms with E-state index in [2.05, 4.69) is 29.2 Å². The van der Waals surface area contributed by atoms with E-state index in [9.17, 15) is 4.79 Å². The summed E-state index contributed by atoms with van der Waals surface area (Å²) in [5.41, 5.74) is 8.00. The monoisotopic (exact) mass is 262 g/mol. The van der Waals surface area contributed by atoms with Crippen LogP contribution in [0.3, 0.4) is 0 Å². The molecule has 1 aliphatic heterocycles. The second-order valence-electron chi connectivity index (χ2n) is 5.12. The highest BCUT2D eigenvalue weighted by Crippen LogP contribution is 2.19. The Balaban J connectivity index is 1.92. The summed E-state index contributed by atoms with van der Waals surface area (Å²) in [7, 11) is 1.47. The highest BCUT2D eigenvalue weighted by molar-refractivity contribution is 5.72. The van der Waals surface area contributed by atoms with Gasteiger partial charge in [0, 0.05) is 19.6 Å². The Hall–Kier alpha value is -1.39. The van der Waals surface area contributed by atoms with Crippen LogP contribution in [0.5, 0.6) is 0 Å². The minimum Gasteiger partial charge on any atom is -0.469 e. The molecule has 1 aromatic rings. The molecule has 1 aromatic carbocycles. The first kappa shape index (κ1) is 14.0. The molecule has 0 aromatic heterocycles. The van der Waals surface area contributed by atoms with Gasteiger partial charge in [0.05, 0.1) is 13.0 Å². The van der Waals surface area contributed by atoms with E-state index in [0.717, 1.165) is 38.0 Å². The Morgan fingerprint density at radius 1 is 1.37 bits per heavy atom. The molecular weight excluding hydrogens is 240 g/mol. The summed E-state index contributed by atoms with van der Waals surface area (Å²) in [6.07, 6.45) is 2.00. The van der Waals surface area contributed by atoms with Crippen molar-refractivity contribution in [1.29, 1.82) is 0 Å². The summed E-state index contributed by atoms with van der Waals surface area (Å²) in [5.74, 6) is -0.0507. The molecule has 0 bridgehead atoms. The standard InChI is InChI=1S/C15H22N2O2/c1-19-15(18)14-3-2-8-17(11-14)10-13-6-4-12(9-16)5-7-13/h4-7,14H,2-3,8-11,16H2,1H3. The molecule has 19 heavy (non-hydrogen) atoms. The number of piperidine rings is 1. The van der Waals surface area contributed by atoms with Gasteiger partial charge in [-0.1, -0.05) is 24.3 Å². The molecule has 0 spiro atoms. The van der Waals surface area contributed by atoms with Crippen LogP contribution in [0.15, 0.2) is 24.3 Å². The fourth-order valence-corrected chi connectivity index (χ4v) is 2.60. The third-order valence-electron chi connectivity index (χ3n) is 3.70. The van der Waals surface area contributed by atoms with Gasteiger partial charge in [0.25, 0.3) is 0 Å². The van der Waals surface area contributed by atoms with Crippen LogP contribution in [0.4, 0.5) is 0 Å². The highest BCUT2D eigenvalue weighted by Gasteiger charge is 2.26. The van der Waals surface area contributed by atoms with Gasteiger partial charge in [0.15, 0.2) is 0 Å². The highest BCUT2D eigenvalue weighted by atomic mass is 16.5. The molecule has 1 heterocycles. The third-order valence-corrected chi connectivity index (χ3v) is 3.70. The Bertz CT molecular complexity index is 417. The molecule has 0 amide bonds. The number of methoxy groups -OCH3 is 1. The van der Waals surface area contributed by atoms with Gasteiger partial charge in [-0.15, -0.1) is 0 Å². The number of carbonyl (C=O) groups is 1. The number of hydrogen-bond acceptors (Lipinski definition) is 4. The van der Waals surface area contributed by atoms with Crippen molar-refractivity contribution in [2.45, 2.75) is 25.9 Å². The van der Waals surface area contributed by atoms with Crippen molar-refractivity contribution >= 4 is 5.97 Å². The SMILES string of the molecule is COC(=O)C1CCCN(Cc2ccc(CN)cc2)C1. The predicted octanol–water partition coefficient (Wildman–Crippen LogP) is 1.53. The van der Waals surface area contributed by atoms with Crippen LogP contribution in [0.25, 0.3) is 0 Å². The molecule has 2 N–H and O–H groups in total. The van der Waals surface area contributed by atoms with E-state index in [1.165, 1.54) is 12.7 Å². The largest absolute Gasteiger partial charge is 0.469 e. The summed E-state index contributed by atoms with van der Waals surface area (Å²) in [4.78, 5) is 13.9. The van der Waals surface area contributed by atoms with Crippen molar-refractivity contribution in [3.8, 4) is 0 Å². The second kappa shape index (κ2) is 6.68. The zero-order valence-corrected chi connectivity index (χ0v) is 11.5. The molecule has 0 saturated carbocycles. The summed E-state index contributed by atoms with van der Waals surface area (Å²) in [5, 5.41) is 0. The quantitative estimate of drug-likeness (QED) is 0.836. The minimum atomic E-state index is -0.0804. The number of benzene rings is 1. The number of hydrogen-bond donors (Lipinski definition) is 1. The number of nitrogens with two attached hydrogens (primary N) is 1. The molecule has 4 nitrogen and oxygen atoms in total. The van der Waals surface area contributed by atoms with E-state index in [1.807, 2.05) is 0 Å². The summed E-state index contributed by atoms with van der Waals surface area (Å²) in [6, 6.07) is 8.36. The van der Waals surface area contributed by atoms with Crippen LogP contribution < -0.4 is 5.73 Å². The number of esters is 1. The van der Waals surface area contributed by atoms with Gasteiger partial charge < -0.3 is 10.5 Å². The van der Waals surface area contributed by atoms with Crippen molar-refractivity contribution in [3.05, 3.63) is 35.4 Å². The number of ether oxygens (including phenoxy) is 1. The van der Waals surface area contributed by atoms with Crippen molar-refractivity contribution in [3.63, 3.8) is 0 Å². The van der Waals surface area contributed by atoms with Crippen LogP contribution in [0.2, 0.25) is 0 Å². The minimum absolute atomic E-state index is 0.0297. The van der Waals surface area contributed by atoms with Gasteiger partial charge in [-0.2, -0.15) is 0 Å². The van der Waals surface area contributed by atoms with E-state index >= 15 is 0 Å². The van der Waals surface area contributed by atoms with Crippen molar-refractivity contribution in [1.82, 2.24) is 4.90 Å². The summed E-state index contributed by atoms with van der Waals surface area (Å²) < 4.78 is 4.84. The van der Waals surface area contributed by atoms with Crippen LogP contribution in [-0.4, -0.2) is 31.1 Å². The van der Waals surface area contributed by atoms with Gasteiger partial charge in [-0.25, -0.2) is 0 Å². The van der Waals surface area contributed by atoms with E-state index in [0.29, 0.717) is 6.54 Å². The molecular formula is C15H22N2O2. The number of carbonyl (C=O) groups excluding carboxylic acids is 1. The van der Waals surface area contributed by atoms with Gasteiger partial charge in [-0.3, -0.25) is 9.69 Å². The van der Waals surface area contributed by atoms with E-state index < -0.39 is 0 Å². The van der Waals surface area contributed by atoms with Gasteiger partial charge in [-0.05, 0) is 30.5 Å². The number of nitrogens with zero attached hydrogens (tertiary/aromatic N) is 1. The smallest absolute Gasteiger partial charge is 0.309 e. The first-order chi connectivity index (χ1) is 9.22. The van der Waals surface area contributed by atoms with Crippen molar-refractivity contribution in [2.24, 2.45) is 11.7 Å². The molecule has 0 aliphatic carbocycles. The molecule has 1 saturated heterocycles. The molecule has 1 aliphatic rings. The van der Waals surface area contributed by atoms with E-state index in [1.54, 1.807) is 0 Å². The Morgan fingerprint density at radius 2 is 2.05 bits per heavy atom. The van der Waals surface area contributed by atoms with Crippen molar-refractivity contribution in [2.75, 3.05) is 20.2 Å². The topological polar surface area (TPSA) is 55.6 Å². The number of likely N-dealkylation sites (tertiary alicyclic amines) is 1. The summed E-state index contributed by atoms with van der Waals surface area (Å²) in [6.45, 7) is 3.31.